The Kier molecular flexibility index (Phi) is 11.0. The molecule has 0 spiro atoms. The van der Waals surface area contributed by atoms with Gasteiger partial charge in [0, 0.05) is 11.3 Å². The van der Waals surface area contributed by atoms with Crippen molar-refractivity contribution in [3.63, 3.8) is 0 Å². The van der Waals surface area contributed by atoms with Crippen molar-refractivity contribution in [2.24, 2.45) is 0 Å². The molecule has 1 aliphatic rings. The minimum atomic E-state index is -0.988. The van der Waals surface area contributed by atoms with Crippen LogP contribution in [-0.2, 0) is 15.3 Å². The third kappa shape index (κ3) is 7.37. The predicted octanol–water partition coefficient (Wildman–Crippen LogP) is 7.74. The number of thioether (sulfide) groups is 1. The zero-order chi connectivity index (χ0) is 32.6. The second kappa shape index (κ2) is 15.3. The molecule has 0 saturated carbocycles. The molecule has 0 bridgehead atoms. The highest BCUT2D eigenvalue weighted by Crippen LogP contribution is 2.45. The van der Waals surface area contributed by atoms with Crippen molar-refractivity contribution in [3.05, 3.63) is 94.6 Å². The molecule has 1 fully saturated rings. The van der Waals surface area contributed by atoms with Gasteiger partial charge in [-0.1, -0.05) is 72.3 Å². The Hall–Kier alpha value is -4.35. The minimum Gasteiger partial charge on any atom is -0.507 e. The highest BCUT2D eigenvalue weighted by atomic mass is 32.2. The van der Waals surface area contributed by atoms with Crippen molar-refractivity contribution in [3.8, 4) is 17.2 Å². The number of hydrogen-bond acceptors (Lipinski definition) is 10. The number of rotatable bonds is 14. The summed E-state index contributed by atoms with van der Waals surface area (Å²) in [5.41, 5.74) is 3.19. The summed E-state index contributed by atoms with van der Waals surface area (Å²) in [7, 11) is 0. The standard InChI is InChI=1S/C35H37N3O6S2/c1-5-8-19-44-27-18-15-25(20-28(27)43-7-3)30-29(31(39)24-13-16-26(17-14-24)42-6-2)32(40)33(41)38(30)34-36-37-35(46-34)45-21-23-11-9-22(4)10-12-23/h9-18,20,30,39H,5-8,19,21H2,1-4H3/b31-29+. The van der Waals surface area contributed by atoms with Crippen LogP contribution in [-0.4, -0.2) is 46.8 Å². The third-order valence-corrected chi connectivity index (χ3v) is 9.43. The molecule has 11 heteroatoms. The number of carbonyl (C=O) groups excluding carboxylic acids is 2. The number of anilines is 1. The van der Waals surface area contributed by atoms with Gasteiger partial charge in [-0.15, -0.1) is 10.2 Å². The van der Waals surface area contributed by atoms with E-state index in [9.17, 15) is 14.7 Å². The normalized spacial score (nSPS) is 15.7. The van der Waals surface area contributed by atoms with Crippen molar-refractivity contribution in [1.29, 1.82) is 0 Å². The molecule has 3 aromatic carbocycles. The molecular weight excluding hydrogens is 623 g/mol. The fourth-order valence-corrected chi connectivity index (χ4v) is 6.80. The lowest BCUT2D eigenvalue weighted by Gasteiger charge is -2.23. The van der Waals surface area contributed by atoms with Crippen LogP contribution in [0.3, 0.4) is 0 Å². The second-order valence-electron chi connectivity index (χ2n) is 10.6. The van der Waals surface area contributed by atoms with Crippen LogP contribution in [0.15, 0.2) is 76.6 Å². The Morgan fingerprint density at radius 3 is 2.35 bits per heavy atom. The van der Waals surface area contributed by atoms with Gasteiger partial charge in [-0.2, -0.15) is 0 Å². The summed E-state index contributed by atoms with van der Waals surface area (Å²) >= 11 is 2.72. The molecule has 0 radical (unpaired) electrons. The molecule has 2 heterocycles. The van der Waals surface area contributed by atoms with Crippen LogP contribution < -0.4 is 19.1 Å². The maximum Gasteiger partial charge on any atom is 0.301 e. The van der Waals surface area contributed by atoms with Gasteiger partial charge in [-0.25, -0.2) is 0 Å². The van der Waals surface area contributed by atoms with Crippen molar-refractivity contribution in [1.82, 2.24) is 10.2 Å². The number of ketones is 1. The Morgan fingerprint density at radius 2 is 1.65 bits per heavy atom. The molecule has 1 unspecified atom stereocenters. The average Bonchev–Trinajstić information content (AvgIpc) is 3.63. The minimum absolute atomic E-state index is 0.0553. The van der Waals surface area contributed by atoms with Gasteiger partial charge in [-0.05, 0) is 74.7 Å². The molecule has 1 saturated heterocycles. The number of amides is 1. The van der Waals surface area contributed by atoms with Gasteiger partial charge in [0.1, 0.15) is 11.5 Å². The monoisotopic (exact) mass is 659 g/mol. The van der Waals surface area contributed by atoms with E-state index in [1.54, 1.807) is 42.5 Å². The molecule has 4 aromatic rings. The van der Waals surface area contributed by atoms with E-state index in [2.05, 4.69) is 41.4 Å². The van der Waals surface area contributed by atoms with Crippen molar-refractivity contribution in [2.45, 2.75) is 56.7 Å². The fraction of sp³-hybridized carbons (Fsp3) is 0.314. The number of aliphatic hydroxyl groups excluding tert-OH is 1. The van der Waals surface area contributed by atoms with Crippen LogP contribution in [0.25, 0.3) is 5.76 Å². The maximum absolute atomic E-state index is 13.7. The zero-order valence-electron chi connectivity index (χ0n) is 26.3. The number of Topliss-reactive ketones (excluding diaryl/α,β-unsaturated/α-hetero) is 1. The first-order chi connectivity index (χ1) is 22.3. The summed E-state index contributed by atoms with van der Waals surface area (Å²) in [5, 5.41) is 20.5. The van der Waals surface area contributed by atoms with Crippen molar-refractivity contribution in [2.75, 3.05) is 24.7 Å². The van der Waals surface area contributed by atoms with E-state index < -0.39 is 17.7 Å². The fourth-order valence-electron chi connectivity index (χ4n) is 4.97. The molecule has 0 aliphatic carbocycles. The number of nitrogens with zero attached hydrogens (tertiary/aromatic N) is 3. The van der Waals surface area contributed by atoms with Crippen LogP contribution in [0.5, 0.6) is 17.2 Å². The van der Waals surface area contributed by atoms with Gasteiger partial charge in [-0.3, -0.25) is 14.5 Å². The summed E-state index contributed by atoms with van der Waals surface area (Å²) in [6.07, 6.45) is 1.87. The van der Waals surface area contributed by atoms with E-state index in [0.29, 0.717) is 58.3 Å². The number of aliphatic hydroxyl groups is 1. The molecule has 1 amide bonds. The number of hydrogen-bond donors (Lipinski definition) is 1. The number of benzene rings is 3. The largest absolute Gasteiger partial charge is 0.507 e. The van der Waals surface area contributed by atoms with Gasteiger partial charge < -0.3 is 19.3 Å². The first-order valence-corrected chi connectivity index (χ1v) is 17.1. The lowest BCUT2D eigenvalue weighted by molar-refractivity contribution is -0.132. The SMILES string of the molecule is CCCCOc1ccc(C2/C(=C(\O)c3ccc(OCC)cc3)C(=O)C(=O)N2c2nnc(SCc3ccc(C)cc3)s2)cc1OCC. The Labute approximate surface area is 277 Å². The summed E-state index contributed by atoms with van der Waals surface area (Å²) in [4.78, 5) is 28.8. The molecule has 9 nitrogen and oxygen atoms in total. The number of aryl methyl sites for hydroxylation is 1. The van der Waals surface area contributed by atoms with E-state index in [1.165, 1.54) is 33.6 Å². The topological polar surface area (TPSA) is 111 Å². The van der Waals surface area contributed by atoms with Gasteiger partial charge in [0.2, 0.25) is 5.13 Å². The van der Waals surface area contributed by atoms with E-state index >= 15 is 0 Å². The van der Waals surface area contributed by atoms with Crippen LogP contribution in [0, 0.1) is 6.92 Å². The summed E-state index contributed by atoms with van der Waals surface area (Å²) in [6, 6.07) is 19.3. The first kappa shape index (κ1) is 33.0. The molecule has 1 aromatic heterocycles. The third-order valence-electron chi connectivity index (χ3n) is 7.31. The van der Waals surface area contributed by atoms with E-state index in [1.807, 2.05) is 20.8 Å². The number of unbranched alkanes of at least 4 members (excludes halogenated alkanes) is 1. The van der Waals surface area contributed by atoms with Gasteiger partial charge in [0.05, 0.1) is 31.4 Å². The van der Waals surface area contributed by atoms with Crippen LogP contribution in [0.4, 0.5) is 5.13 Å². The quantitative estimate of drug-likeness (QED) is 0.0363. The smallest absolute Gasteiger partial charge is 0.301 e. The van der Waals surface area contributed by atoms with Gasteiger partial charge in [0.25, 0.3) is 5.78 Å². The number of ether oxygens (including phenoxy) is 3. The Morgan fingerprint density at radius 1 is 0.913 bits per heavy atom. The zero-order valence-corrected chi connectivity index (χ0v) is 28.0. The second-order valence-corrected chi connectivity index (χ2v) is 12.8. The highest BCUT2D eigenvalue weighted by Gasteiger charge is 2.48. The molecular formula is C35H37N3O6S2. The maximum atomic E-state index is 13.7. The Balaban J connectivity index is 1.56. The van der Waals surface area contributed by atoms with Crippen LogP contribution in [0.2, 0.25) is 0 Å². The molecule has 1 aliphatic heterocycles. The van der Waals surface area contributed by atoms with Crippen LogP contribution in [0.1, 0.15) is 61.9 Å². The summed E-state index contributed by atoms with van der Waals surface area (Å²) < 4.78 is 18.1. The lowest BCUT2D eigenvalue weighted by atomic mass is 9.95. The number of carbonyl (C=O) groups is 2. The summed E-state index contributed by atoms with van der Waals surface area (Å²) in [6.45, 7) is 9.29. The van der Waals surface area contributed by atoms with Crippen LogP contribution >= 0.6 is 23.1 Å². The van der Waals surface area contributed by atoms with E-state index in [0.717, 1.165) is 18.4 Å². The van der Waals surface area contributed by atoms with Crippen molar-refractivity contribution >= 4 is 45.7 Å². The van der Waals surface area contributed by atoms with Gasteiger partial charge >= 0.3 is 5.91 Å². The van der Waals surface area contributed by atoms with Crippen molar-refractivity contribution < 1.29 is 28.9 Å². The van der Waals surface area contributed by atoms with Gasteiger partial charge in [0.15, 0.2) is 15.8 Å². The lowest BCUT2D eigenvalue weighted by Crippen LogP contribution is -2.29. The average molecular weight is 660 g/mol. The molecule has 5 rings (SSSR count). The molecule has 240 valence electrons. The molecule has 1 N–H and O–H groups in total. The first-order valence-electron chi connectivity index (χ1n) is 15.3. The van der Waals surface area contributed by atoms with E-state index in [-0.39, 0.29) is 16.5 Å². The number of aromatic nitrogens is 2. The Bertz CT molecular complexity index is 1700. The highest BCUT2D eigenvalue weighted by molar-refractivity contribution is 8.00. The van der Waals surface area contributed by atoms with E-state index in [4.69, 9.17) is 14.2 Å². The predicted molar refractivity (Wildman–Crippen MR) is 181 cm³/mol. The summed E-state index contributed by atoms with van der Waals surface area (Å²) in [5.74, 6) is 0.426. The molecule has 1 atom stereocenters. The molecule has 46 heavy (non-hydrogen) atoms.